The van der Waals surface area contributed by atoms with Gasteiger partial charge in [0.2, 0.25) is 0 Å². The molecule has 0 saturated heterocycles. The molecule has 0 aliphatic rings. The Labute approximate surface area is 70.2 Å². The van der Waals surface area contributed by atoms with Crippen LogP contribution in [0, 0.1) is 11.3 Å². The molecule has 0 rings (SSSR count). The topological polar surface area (TPSA) is 17.1 Å². The average Bonchev–Trinajstić information content (AvgIpc) is 1.80. The predicted octanol–water partition coefficient (Wildman–Crippen LogP) is 3.04. The number of Topliss-reactive ketones (excluding diaryl/α,β-unsaturated/α-hetero) is 1. The molecule has 0 heterocycles. The van der Waals surface area contributed by atoms with Crippen LogP contribution in [0.2, 0.25) is 0 Å². The third kappa shape index (κ3) is 6.08. The number of carbonyl (C=O) groups is 1. The molecule has 0 spiro atoms. The summed E-state index contributed by atoms with van der Waals surface area (Å²) < 4.78 is 0. The maximum Gasteiger partial charge on any atom is 0.132 e. The highest BCUT2D eigenvalue weighted by Crippen LogP contribution is 2.23. The van der Waals surface area contributed by atoms with Crippen LogP contribution in [0.5, 0.6) is 0 Å². The van der Waals surface area contributed by atoms with Crippen molar-refractivity contribution in [1.82, 2.24) is 0 Å². The molecule has 0 saturated carbocycles. The fraction of sp³-hybridized carbons (Fsp3) is 0.900. The minimum absolute atomic E-state index is 0.245. The van der Waals surface area contributed by atoms with Crippen LogP contribution in [0.25, 0.3) is 0 Å². The summed E-state index contributed by atoms with van der Waals surface area (Å²) in [7, 11) is 0. The molecule has 0 bridgehead atoms. The van der Waals surface area contributed by atoms with Gasteiger partial charge in [-0.25, -0.2) is 0 Å². The number of hydrogen-bond acceptors (Lipinski definition) is 1. The Balaban J connectivity index is 3.63. The molecule has 0 aliphatic carbocycles. The van der Waals surface area contributed by atoms with Gasteiger partial charge in [-0.05, 0) is 25.2 Å². The Morgan fingerprint density at radius 1 is 1.36 bits per heavy atom. The van der Waals surface area contributed by atoms with E-state index in [1.165, 1.54) is 0 Å². The standard InChI is InChI=1S/C10H20O/c1-8(9(2)11)6-7-10(3,4)5/h8H,6-7H2,1-5H3. The second kappa shape index (κ2) is 3.89. The number of ketones is 1. The Hall–Kier alpha value is -0.330. The van der Waals surface area contributed by atoms with Gasteiger partial charge in [0.1, 0.15) is 5.78 Å². The third-order valence-electron chi connectivity index (χ3n) is 2.02. The SMILES string of the molecule is CC(=O)C(C)CCC(C)(C)C. The maximum atomic E-state index is 10.9. The van der Waals surface area contributed by atoms with Crippen LogP contribution in [-0.2, 0) is 4.79 Å². The lowest BCUT2D eigenvalue weighted by atomic mass is 9.86. The lowest BCUT2D eigenvalue weighted by Crippen LogP contribution is -2.12. The Kier molecular flexibility index (Phi) is 3.77. The first-order chi connectivity index (χ1) is 4.83. The van der Waals surface area contributed by atoms with Crippen molar-refractivity contribution in [3.63, 3.8) is 0 Å². The molecule has 0 N–H and O–H groups in total. The molecule has 11 heavy (non-hydrogen) atoms. The zero-order valence-corrected chi connectivity index (χ0v) is 8.40. The van der Waals surface area contributed by atoms with E-state index in [1.54, 1.807) is 6.92 Å². The van der Waals surface area contributed by atoms with E-state index in [-0.39, 0.29) is 5.92 Å². The van der Waals surface area contributed by atoms with Crippen LogP contribution in [0.3, 0.4) is 0 Å². The van der Waals surface area contributed by atoms with Gasteiger partial charge in [-0.2, -0.15) is 0 Å². The fourth-order valence-corrected chi connectivity index (χ4v) is 0.853. The van der Waals surface area contributed by atoms with Crippen molar-refractivity contribution in [3.8, 4) is 0 Å². The van der Waals surface area contributed by atoms with Crippen LogP contribution in [0.1, 0.15) is 47.5 Å². The van der Waals surface area contributed by atoms with Gasteiger partial charge in [-0.3, -0.25) is 4.79 Å². The highest BCUT2D eigenvalue weighted by molar-refractivity contribution is 5.77. The second-order valence-electron chi connectivity index (χ2n) is 4.61. The van der Waals surface area contributed by atoms with Crippen LogP contribution >= 0.6 is 0 Å². The summed E-state index contributed by atoms with van der Waals surface area (Å²) in [5.41, 5.74) is 0.365. The summed E-state index contributed by atoms with van der Waals surface area (Å²) >= 11 is 0. The number of carbonyl (C=O) groups excluding carboxylic acids is 1. The molecular formula is C10H20O. The van der Waals surface area contributed by atoms with E-state index in [9.17, 15) is 4.79 Å². The van der Waals surface area contributed by atoms with Gasteiger partial charge in [0.15, 0.2) is 0 Å². The number of hydrogen-bond donors (Lipinski definition) is 0. The van der Waals surface area contributed by atoms with E-state index in [0.717, 1.165) is 12.8 Å². The molecule has 1 unspecified atom stereocenters. The van der Waals surface area contributed by atoms with Gasteiger partial charge < -0.3 is 0 Å². The molecule has 0 aliphatic heterocycles. The summed E-state index contributed by atoms with van der Waals surface area (Å²) in [6.07, 6.45) is 2.16. The molecule has 0 amide bonds. The molecule has 0 aromatic heterocycles. The molecule has 66 valence electrons. The van der Waals surface area contributed by atoms with Crippen LogP contribution in [0.4, 0.5) is 0 Å². The van der Waals surface area contributed by atoms with Crippen LogP contribution in [0.15, 0.2) is 0 Å². The molecule has 1 nitrogen and oxygen atoms in total. The summed E-state index contributed by atoms with van der Waals surface area (Å²) in [5.74, 6) is 0.559. The van der Waals surface area contributed by atoms with Crippen molar-refractivity contribution in [3.05, 3.63) is 0 Å². The molecule has 0 aromatic rings. The van der Waals surface area contributed by atoms with E-state index in [0.29, 0.717) is 11.2 Å². The lowest BCUT2D eigenvalue weighted by molar-refractivity contribution is -0.120. The molecule has 1 heteroatoms. The van der Waals surface area contributed by atoms with Crippen molar-refractivity contribution >= 4 is 5.78 Å². The van der Waals surface area contributed by atoms with Gasteiger partial charge in [-0.15, -0.1) is 0 Å². The van der Waals surface area contributed by atoms with Crippen molar-refractivity contribution < 1.29 is 4.79 Å². The van der Waals surface area contributed by atoms with Crippen LogP contribution < -0.4 is 0 Å². The first kappa shape index (κ1) is 10.7. The smallest absolute Gasteiger partial charge is 0.132 e. The quantitative estimate of drug-likeness (QED) is 0.614. The van der Waals surface area contributed by atoms with Gasteiger partial charge in [0, 0.05) is 5.92 Å². The van der Waals surface area contributed by atoms with Crippen LogP contribution in [-0.4, -0.2) is 5.78 Å². The van der Waals surface area contributed by atoms with Gasteiger partial charge in [-0.1, -0.05) is 27.7 Å². The molecular weight excluding hydrogens is 136 g/mol. The monoisotopic (exact) mass is 156 g/mol. The zero-order chi connectivity index (χ0) is 9.07. The molecule has 1 atom stereocenters. The lowest BCUT2D eigenvalue weighted by Gasteiger charge is -2.19. The average molecular weight is 156 g/mol. The minimum atomic E-state index is 0.245. The summed E-state index contributed by atoms with van der Waals surface area (Å²) in [6, 6.07) is 0. The van der Waals surface area contributed by atoms with Gasteiger partial charge >= 0.3 is 0 Å². The normalized spacial score (nSPS) is 14.6. The summed E-state index contributed by atoms with van der Waals surface area (Å²) in [4.78, 5) is 10.9. The van der Waals surface area contributed by atoms with Crippen molar-refractivity contribution in [2.24, 2.45) is 11.3 Å². The minimum Gasteiger partial charge on any atom is -0.300 e. The maximum absolute atomic E-state index is 10.9. The first-order valence-corrected chi connectivity index (χ1v) is 4.33. The highest BCUT2D eigenvalue weighted by atomic mass is 16.1. The molecule has 0 aromatic carbocycles. The third-order valence-corrected chi connectivity index (χ3v) is 2.02. The molecule has 0 radical (unpaired) electrons. The number of rotatable bonds is 3. The summed E-state index contributed by atoms with van der Waals surface area (Å²) in [5, 5.41) is 0. The first-order valence-electron chi connectivity index (χ1n) is 4.33. The molecule has 0 fully saturated rings. The fourth-order valence-electron chi connectivity index (χ4n) is 0.853. The van der Waals surface area contributed by atoms with Crippen molar-refractivity contribution in [2.75, 3.05) is 0 Å². The predicted molar refractivity (Wildman–Crippen MR) is 48.5 cm³/mol. The van der Waals surface area contributed by atoms with E-state index in [4.69, 9.17) is 0 Å². The Bertz CT molecular complexity index is 130. The van der Waals surface area contributed by atoms with E-state index >= 15 is 0 Å². The van der Waals surface area contributed by atoms with Gasteiger partial charge in [0.25, 0.3) is 0 Å². The highest BCUT2D eigenvalue weighted by Gasteiger charge is 2.14. The van der Waals surface area contributed by atoms with Crippen molar-refractivity contribution in [1.29, 1.82) is 0 Å². The van der Waals surface area contributed by atoms with Gasteiger partial charge in [0.05, 0.1) is 0 Å². The largest absolute Gasteiger partial charge is 0.300 e. The summed E-state index contributed by atoms with van der Waals surface area (Å²) in [6.45, 7) is 10.3. The van der Waals surface area contributed by atoms with E-state index in [2.05, 4.69) is 20.8 Å². The Morgan fingerprint density at radius 3 is 2.09 bits per heavy atom. The zero-order valence-electron chi connectivity index (χ0n) is 8.40. The van der Waals surface area contributed by atoms with Crippen molar-refractivity contribution in [2.45, 2.75) is 47.5 Å². The second-order valence-corrected chi connectivity index (χ2v) is 4.61. The van der Waals surface area contributed by atoms with E-state index < -0.39 is 0 Å². The Morgan fingerprint density at radius 2 is 1.82 bits per heavy atom. The van der Waals surface area contributed by atoms with E-state index in [1.807, 2.05) is 6.92 Å².